The van der Waals surface area contributed by atoms with Crippen molar-refractivity contribution in [3.05, 3.63) is 94.0 Å². The van der Waals surface area contributed by atoms with Gasteiger partial charge in [0.25, 0.3) is 0 Å². The number of Topliss-reactive ketones (excluding diaryl/α,β-unsaturated/α-hetero) is 1. The third kappa shape index (κ3) is 4.05. The third-order valence-electron chi connectivity index (χ3n) is 5.44. The van der Waals surface area contributed by atoms with Gasteiger partial charge in [0.05, 0.1) is 17.7 Å². The molecule has 0 saturated heterocycles. The number of benzene rings is 3. The Labute approximate surface area is 184 Å². The number of carbonyl (C=O) groups excluding carboxylic acids is 2. The molecule has 0 aromatic heterocycles. The number of carboxylic acids is 1. The average Bonchev–Trinajstić information content (AvgIpc) is 2.79. The van der Waals surface area contributed by atoms with Crippen molar-refractivity contribution < 1.29 is 29.0 Å². The molecule has 0 radical (unpaired) electrons. The van der Waals surface area contributed by atoms with Crippen LogP contribution < -0.4 is 15.2 Å². The van der Waals surface area contributed by atoms with Gasteiger partial charge >= 0.3 is 5.97 Å². The second kappa shape index (κ2) is 8.55. The highest BCUT2D eigenvalue weighted by molar-refractivity contribution is 6.00. The van der Waals surface area contributed by atoms with Gasteiger partial charge in [-0.1, -0.05) is 24.3 Å². The fourth-order valence-corrected chi connectivity index (χ4v) is 3.67. The predicted molar refractivity (Wildman–Crippen MR) is 116 cm³/mol. The molecule has 4 rings (SSSR count). The number of fused-ring (bicyclic) bond motifs is 1. The van der Waals surface area contributed by atoms with E-state index >= 15 is 0 Å². The van der Waals surface area contributed by atoms with Crippen molar-refractivity contribution in [2.45, 2.75) is 19.4 Å². The van der Waals surface area contributed by atoms with Crippen molar-refractivity contribution in [2.75, 3.05) is 6.61 Å². The zero-order valence-corrected chi connectivity index (χ0v) is 17.3. The topological polar surface area (TPSA) is 116 Å². The molecule has 3 aromatic carbocycles. The van der Waals surface area contributed by atoms with E-state index in [-0.39, 0.29) is 11.3 Å². The van der Waals surface area contributed by atoms with Crippen LogP contribution in [-0.4, -0.2) is 29.4 Å². The number of rotatable bonds is 6. The zero-order valence-electron chi connectivity index (χ0n) is 17.3. The molecule has 162 valence electrons. The third-order valence-corrected chi connectivity index (χ3v) is 5.44. The maximum atomic E-state index is 12.2. The molecule has 7 heteroatoms. The van der Waals surface area contributed by atoms with Crippen LogP contribution in [0.5, 0.6) is 11.5 Å². The van der Waals surface area contributed by atoms with Gasteiger partial charge < -0.3 is 20.3 Å². The molecule has 3 aromatic rings. The molecular weight excluding hydrogens is 410 g/mol. The lowest BCUT2D eigenvalue weighted by Crippen LogP contribution is -2.17. The first kappa shape index (κ1) is 21.1. The molecule has 1 aliphatic heterocycles. The molecule has 1 amide bonds. The van der Waals surface area contributed by atoms with Crippen LogP contribution in [0.3, 0.4) is 0 Å². The lowest BCUT2D eigenvalue weighted by atomic mass is 9.98. The van der Waals surface area contributed by atoms with Gasteiger partial charge in [0.1, 0.15) is 17.6 Å². The van der Waals surface area contributed by atoms with Gasteiger partial charge in [-0.3, -0.25) is 9.59 Å². The van der Waals surface area contributed by atoms with Crippen molar-refractivity contribution in [3.8, 4) is 11.5 Å². The smallest absolute Gasteiger partial charge is 0.335 e. The van der Waals surface area contributed by atoms with E-state index in [2.05, 4.69) is 0 Å². The molecule has 32 heavy (non-hydrogen) atoms. The van der Waals surface area contributed by atoms with Gasteiger partial charge in [-0.25, -0.2) is 4.79 Å². The van der Waals surface area contributed by atoms with Crippen LogP contribution in [0.25, 0.3) is 0 Å². The molecule has 0 bridgehead atoms. The van der Waals surface area contributed by atoms with Gasteiger partial charge in [-0.2, -0.15) is 0 Å². The first-order valence-electron chi connectivity index (χ1n) is 10.0. The second-order valence-electron chi connectivity index (χ2n) is 7.50. The molecule has 0 aliphatic carbocycles. The number of primary amides is 1. The van der Waals surface area contributed by atoms with Gasteiger partial charge in [-0.15, -0.1) is 0 Å². The minimum Gasteiger partial charge on any atom is -0.492 e. The van der Waals surface area contributed by atoms with Gasteiger partial charge in [-0.05, 0) is 54.4 Å². The molecule has 1 heterocycles. The average molecular weight is 431 g/mol. The monoisotopic (exact) mass is 431 g/mol. The molecule has 1 atom stereocenters. The number of hydrogen-bond donors (Lipinski definition) is 2. The Morgan fingerprint density at radius 3 is 2.12 bits per heavy atom. The van der Waals surface area contributed by atoms with Crippen molar-refractivity contribution in [3.63, 3.8) is 0 Å². The number of carbonyl (C=O) groups is 3. The maximum absolute atomic E-state index is 12.2. The summed E-state index contributed by atoms with van der Waals surface area (Å²) in [7, 11) is 0. The number of amides is 1. The fourth-order valence-electron chi connectivity index (χ4n) is 3.67. The first-order chi connectivity index (χ1) is 15.3. The van der Waals surface area contributed by atoms with Crippen LogP contribution in [0.15, 0.2) is 60.7 Å². The Balaban J connectivity index is 1.75. The Morgan fingerprint density at radius 2 is 1.56 bits per heavy atom. The quantitative estimate of drug-likeness (QED) is 0.611. The molecule has 0 unspecified atom stereocenters. The predicted octanol–water partition coefficient (Wildman–Crippen LogP) is 3.93. The molecule has 0 fully saturated rings. The molecule has 3 N–H and O–H groups in total. The van der Waals surface area contributed by atoms with E-state index in [0.717, 1.165) is 11.1 Å². The second-order valence-corrected chi connectivity index (χ2v) is 7.50. The van der Waals surface area contributed by atoms with E-state index in [9.17, 15) is 19.5 Å². The molecule has 0 saturated carbocycles. The lowest BCUT2D eigenvalue weighted by Gasteiger charge is -2.24. The van der Waals surface area contributed by atoms with Crippen LogP contribution in [0.4, 0.5) is 0 Å². The number of nitrogens with two attached hydrogens (primary N) is 1. The largest absolute Gasteiger partial charge is 0.492 e. The molecule has 1 aliphatic rings. The van der Waals surface area contributed by atoms with Crippen LogP contribution in [0, 0.1) is 6.92 Å². The summed E-state index contributed by atoms with van der Waals surface area (Å²) < 4.78 is 12.1. The minimum absolute atomic E-state index is 0.0312. The summed E-state index contributed by atoms with van der Waals surface area (Å²) in [6, 6.07) is 16.5. The van der Waals surface area contributed by atoms with Gasteiger partial charge in [0, 0.05) is 17.5 Å². The van der Waals surface area contributed by atoms with Crippen molar-refractivity contribution in [1.29, 1.82) is 0 Å². The van der Waals surface area contributed by atoms with Crippen LogP contribution >= 0.6 is 0 Å². The summed E-state index contributed by atoms with van der Waals surface area (Å²) in [6.07, 6.45) is -0.256. The Bertz CT molecular complexity index is 1140. The van der Waals surface area contributed by atoms with Crippen molar-refractivity contribution >= 4 is 17.7 Å². The van der Waals surface area contributed by atoms with Crippen molar-refractivity contribution in [1.82, 2.24) is 0 Å². The van der Waals surface area contributed by atoms with E-state index in [1.807, 2.05) is 6.92 Å². The molecule has 0 spiro atoms. The van der Waals surface area contributed by atoms with E-state index in [0.29, 0.717) is 41.2 Å². The number of ketones is 1. The number of ether oxygens (including phenoxy) is 2. The van der Waals surface area contributed by atoms with E-state index in [1.165, 1.54) is 12.1 Å². The Kier molecular flexibility index (Phi) is 5.64. The van der Waals surface area contributed by atoms with E-state index in [4.69, 9.17) is 15.2 Å². The Morgan fingerprint density at radius 1 is 0.969 bits per heavy atom. The van der Waals surface area contributed by atoms with E-state index in [1.54, 1.807) is 48.5 Å². The number of aromatic carboxylic acids is 1. The van der Waals surface area contributed by atoms with Crippen LogP contribution in [0.1, 0.15) is 60.3 Å². The highest BCUT2D eigenvalue weighted by Crippen LogP contribution is 2.38. The fraction of sp³-hybridized carbons (Fsp3) is 0.160. The minimum atomic E-state index is -1.02. The summed E-state index contributed by atoms with van der Waals surface area (Å²) in [5.41, 5.74) is 8.58. The number of carboxylic acid groups (broad SMARTS) is 1. The van der Waals surface area contributed by atoms with Gasteiger partial charge in [0.15, 0.2) is 5.78 Å². The SMILES string of the molecule is Cc1c(O[C@H](c2ccc(C(N)=O)cc2)c2ccc(C(=O)O)cc2)ccc2c1OCCC2=O. The highest BCUT2D eigenvalue weighted by Gasteiger charge is 2.24. The zero-order chi connectivity index (χ0) is 22.8. The lowest BCUT2D eigenvalue weighted by molar-refractivity contribution is 0.0696. The standard InChI is InChI=1S/C25H21NO6/c1-14-21(11-10-19-20(27)12-13-31-22(14)19)32-23(15-2-6-17(7-3-15)24(26)28)16-4-8-18(9-5-16)25(29)30/h2-11,23H,12-13H2,1H3,(H2,26,28)(H,29,30)/t23-/m1/s1. The van der Waals surface area contributed by atoms with Crippen LogP contribution in [-0.2, 0) is 0 Å². The summed E-state index contributed by atoms with van der Waals surface area (Å²) in [5, 5.41) is 9.20. The molecular formula is C25H21NO6. The van der Waals surface area contributed by atoms with E-state index < -0.39 is 18.0 Å². The summed E-state index contributed by atoms with van der Waals surface area (Å²) in [6.45, 7) is 2.15. The maximum Gasteiger partial charge on any atom is 0.335 e. The summed E-state index contributed by atoms with van der Waals surface area (Å²) in [4.78, 5) is 34.9. The summed E-state index contributed by atoms with van der Waals surface area (Å²) in [5.74, 6) is -0.476. The van der Waals surface area contributed by atoms with Crippen LogP contribution in [0.2, 0.25) is 0 Å². The normalized spacial score (nSPS) is 13.6. The Hall–Kier alpha value is -4.13. The van der Waals surface area contributed by atoms with Gasteiger partial charge in [0.2, 0.25) is 5.91 Å². The van der Waals surface area contributed by atoms with Crippen molar-refractivity contribution in [2.24, 2.45) is 5.73 Å². The highest BCUT2D eigenvalue weighted by atomic mass is 16.5. The number of hydrogen-bond acceptors (Lipinski definition) is 5. The first-order valence-corrected chi connectivity index (χ1v) is 10.0. The summed E-state index contributed by atoms with van der Waals surface area (Å²) >= 11 is 0. The molecule has 7 nitrogen and oxygen atoms in total.